The van der Waals surface area contributed by atoms with E-state index in [2.05, 4.69) is 10.4 Å². The molecule has 0 aliphatic carbocycles. The lowest BCUT2D eigenvalue weighted by atomic mass is 10.1. The molecule has 1 heterocycles. The van der Waals surface area contributed by atoms with Crippen molar-refractivity contribution in [2.75, 3.05) is 25.1 Å². The number of benzene rings is 2. The molecule has 7 heteroatoms. The number of carbonyl (C=O) groups excluding carboxylic acids is 1. The molecule has 0 radical (unpaired) electrons. The number of nitrogens with one attached hydrogen (secondary N) is 1. The Morgan fingerprint density at radius 3 is 2.10 bits per heavy atom. The Hall–Kier alpha value is -3.48. The number of hydrogen-bond acceptors (Lipinski definition) is 5. The van der Waals surface area contributed by atoms with Gasteiger partial charge in [-0.2, -0.15) is 5.10 Å². The van der Waals surface area contributed by atoms with E-state index in [1.807, 2.05) is 69.6 Å². The Morgan fingerprint density at radius 1 is 0.935 bits per heavy atom. The van der Waals surface area contributed by atoms with Gasteiger partial charge in [-0.25, -0.2) is 4.68 Å². The summed E-state index contributed by atoms with van der Waals surface area (Å²) < 4.78 is 19.0. The fourth-order valence-corrected chi connectivity index (χ4v) is 3.35. The molecule has 3 aromatic rings. The number of aromatic nitrogens is 2. The van der Waals surface area contributed by atoms with Crippen molar-refractivity contribution < 1.29 is 19.0 Å². The van der Waals surface area contributed by atoms with Gasteiger partial charge in [0.2, 0.25) is 5.75 Å². The molecule has 0 saturated heterocycles. The molecular formula is C24H29N3O4. The van der Waals surface area contributed by atoms with E-state index in [1.165, 1.54) is 0 Å². The number of amides is 1. The Bertz CT molecular complexity index is 1030. The Balaban J connectivity index is 1.98. The second-order valence-electron chi connectivity index (χ2n) is 6.91. The van der Waals surface area contributed by atoms with Gasteiger partial charge in [0.25, 0.3) is 5.91 Å². The van der Waals surface area contributed by atoms with Crippen LogP contribution in [0.2, 0.25) is 0 Å². The molecule has 3 rings (SSSR count). The maximum atomic E-state index is 13.2. The van der Waals surface area contributed by atoms with Crippen LogP contribution in [-0.2, 0) is 0 Å². The first-order chi connectivity index (χ1) is 15.0. The fraction of sp³-hybridized carbons (Fsp3) is 0.333. The normalized spacial score (nSPS) is 10.6. The van der Waals surface area contributed by atoms with Crippen LogP contribution in [0.25, 0.3) is 5.69 Å². The predicted octanol–water partition coefficient (Wildman–Crippen LogP) is 4.94. The summed E-state index contributed by atoms with van der Waals surface area (Å²) in [7, 11) is 0. The van der Waals surface area contributed by atoms with Crippen LogP contribution in [0.4, 0.5) is 5.69 Å². The van der Waals surface area contributed by atoms with E-state index in [0.717, 1.165) is 17.1 Å². The fourth-order valence-electron chi connectivity index (χ4n) is 3.35. The third kappa shape index (κ3) is 4.99. The van der Waals surface area contributed by atoms with Gasteiger partial charge in [0.05, 0.1) is 36.9 Å². The van der Waals surface area contributed by atoms with Crippen LogP contribution in [0.15, 0.2) is 42.5 Å². The van der Waals surface area contributed by atoms with E-state index < -0.39 is 0 Å². The van der Waals surface area contributed by atoms with Gasteiger partial charge in [-0.15, -0.1) is 0 Å². The zero-order valence-corrected chi connectivity index (χ0v) is 18.7. The predicted molar refractivity (Wildman–Crippen MR) is 121 cm³/mol. The van der Waals surface area contributed by atoms with Gasteiger partial charge < -0.3 is 19.5 Å². The summed E-state index contributed by atoms with van der Waals surface area (Å²) in [6.45, 7) is 10.9. The largest absolute Gasteiger partial charge is 0.490 e. The minimum Gasteiger partial charge on any atom is -0.490 e. The van der Waals surface area contributed by atoms with E-state index >= 15 is 0 Å². The van der Waals surface area contributed by atoms with Crippen molar-refractivity contribution in [3.8, 4) is 22.9 Å². The van der Waals surface area contributed by atoms with E-state index in [4.69, 9.17) is 14.2 Å². The van der Waals surface area contributed by atoms with E-state index in [0.29, 0.717) is 48.3 Å². The molecule has 164 valence electrons. The minimum absolute atomic E-state index is 0.279. The van der Waals surface area contributed by atoms with Crippen molar-refractivity contribution in [3.05, 3.63) is 59.4 Å². The number of rotatable bonds is 9. The average molecular weight is 424 g/mol. The summed E-state index contributed by atoms with van der Waals surface area (Å²) in [4.78, 5) is 13.2. The molecule has 7 nitrogen and oxygen atoms in total. The molecular weight excluding hydrogens is 394 g/mol. The summed E-state index contributed by atoms with van der Waals surface area (Å²) in [6, 6.07) is 12.9. The lowest BCUT2D eigenvalue weighted by Gasteiger charge is -2.17. The number of hydrogen-bond donors (Lipinski definition) is 1. The van der Waals surface area contributed by atoms with Gasteiger partial charge in [0, 0.05) is 11.3 Å². The second-order valence-corrected chi connectivity index (χ2v) is 6.91. The Labute approximate surface area is 182 Å². The van der Waals surface area contributed by atoms with Crippen molar-refractivity contribution in [1.82, 2.24) is 9.78 Å². The summed E-state index contributed by atoms with van der Waals surface area (Å²) in [5, 5.41) is 7.54. The first-order valence-corrected chi connectivity index (χ1v) is 10.5. The lowest BCUT2D eigenvalue weighted by Crippen LogP contribution is -2.15. The molecule has 1 amide bonds. The standard InChI is InChI=1S/C24H29N3O4/c1-6-29-21-14-18(15-22(30-7-2)23(21)31-8-3)24(28)25-19-11-9-10-12-20(19)27-17(5)13-16(4)26-27/h9-15H,6-8H2,1-5H3,(H,25,28). The third-order valence-corrected chi connectivity index (χ3v) is 4.56. The van der Waals surface area contributed by atoms with Gasteiger partial charge in [-0.1, -0.05) is 12.1 Å². The molecule has 0 spiro atoms. The molecule has 0 fully saturated rings. The quantitative estimate of drug-likeness (QED) is 0.528. The van der Waals surface area contributed by atoms with Gasteiger partial charge in [0.1, 0.15) is 0 Å². The highest BCUT2D eigenvalue weighted by Crippen LogP contribution is 2.39. The first-order valence-electron chi connectivity index (χ1n) is 10.5. The van der Waals surface area contributed by atoms with Gasteiger partial charge >= 0.3 is 0 Å². The van der Waals surface area contributed by atoms with Crippen LogP contribution in [0.3, 0.4) is 0 Å². The zero-order chi connectivity index (χ0) is 22.4. The SMILES string of the molecule is CCOc1cc(C(=O)Nc2ccccc2-n2nc(C)cc2C)cc(OCC)c1OCC. The van der Waals surface area contributed by atoms with Crippen LogP contribution in [0, 0.1) is 13.8 Å². The van der Waals surface area contributed by atoms with Crippen molar-refractivity contribution >= 4 is 11.6 Å². The van der Waals surface area contributed by atoms with Crippen LogP contribution >= 0.6 is 0 Å². The van der Waals surface area contributed by atoms with Crippen LogP contribution in [-0.4, -0.2) is 35.5 Å². The molecule has 0 saturated carbocycles. The molecule has 0 unspecified atom stereocenters. The zero-order valence-electron chi connectivity index (χ0n) is 18.7. The van der Waals surface area contributed by atoms with Crippen LogP contribution < -0.4 is 19.5 Å². The summed E-state index contributed by atoms with van der Waals surface area (Å²) in [5.41, 5.74) is 3.76. The molecule has 0 aliphatic rings. The van der Waals surface area contributed by atoms with E-state index in [9.17, 15) is 4.79 Å². The van der Waals surface area contributed by atoms with Crippen molar-refractivity contribution in [2.24, 2.45) is 0 Å². The maximum absolute atomic E-state index is 13.2. The molecule has 1 aromatic heterocycles. The van der Waals surface area contributed by atoms with Gasteiger partial charge in [-0.05, 0) is 65.0 Å². The number of anilines is 1. The average Bonchev–Trinajstić information content (AvgIpc) is 3.08. The Kier molecular flexibility index (Phi) is 7.18. The number of nitrogens with zero attached hydrogens (tertiary/aromatic N) is 2. The number of carbonyl (C=O) groups is 1. The molecule has 1 N–H and O–H groups in total. The second kappa shape index (κ2) is 10.0. The third-order valence-electron chi connectivity index (χ3n) is 4.56. The van der Waals surface area contributed by atoms with E-state index in [-0.39, 0.29) is 5.91 Å². The number of para-hydroxylation sites is 2. The minimum atomic E-state index is -0.279. The van der Waals surface area contributed by atoms with Crippen LogP contribution in [0.5, 0.6) is 17.2 Å². The molecule has 2 aromatic carbocycles. The molecule has 0 aliphatic heterocycles. The lowest BCUT2D eigenvalue weighted by molar-refractivity contribution is 0.102. The summed E-state index contributed by atoms with van der Waals surface area (Å²) in [6.07, 6.45) is 0. The van der Waals surface area contributed by atoms with Crippen molar-refractivity contribution in [3.63, 3.8) is 0 Å². The smallest absolute Gasteiger partial charge is 0.255 e. The van der Waals surface area contributed by atoms with Crippen molar-refractivity contribution in [1.29, 1.82) is 0 Å². The highest BCUT2D eigenvalue weighted by Gasteiger charge is 2.19. The maximum Gasteiger partial charge on any atom is 0.255 e. The monoisotopic (exact) mass is 423 g/mol. The molecule has 0 atom stereocenters. The first kappa shape index (κ1) is 22.2. The van der Waals surface area contributed by atoms with Gasteiger partial charge in [0.15, 0.2) is 11.5 Å². The number of ether oxygens (including phenoxy) is 3. The molecule has 31 heavy (non-hydrogen) atoms. The summed E-state index contributed by atoms with van der Waals surface area (Å²) >= 11 is 0. The molecule has 0 bridgehead atoms. The topological polar surface area (TPSA) is 74.6 Å². The highest BCUT2D eigenvalue weighted by molar-refractivity contribution is 6.06. The van der Waals surface area contributed by atoms with Crippen LogP contribution in [0.1, 0.15) is 42.5 Å². The van der Waals surface area contributed by atoms with E-state index in [1.54, 1.807) is 12.1 Å². The highest BCUT2D eigenvalue weighted by atomic mass is 16.5. The number of aryl methyl sites for hydroxylation is 2. The van der Waals surface area contributed by atoms with Crippen molar-refractivity contribution in [2.45, 2.75) is 34.6 Å². The summed E-state index contributed by atoms with van der Waals surface area (Å²) in [5.74, 6) is 1.18. The Morgan fingerprint density at radius 2 is 1.55 bits per heavy atom. The van der Waals surface area contributed by atoms with Gasteiger partial charge in [-0.3, -0.25) is 4.79 Å².